The molecular weight excluding hydrogens is 244 g/mol. The number of nitrogens with zero attached hydrogens (tertiary/aromatic N) is 3. The number of nitrogen functional groups attached to an aromatic ring is 1. The van der Waals surface area contributed by atoms with Gasteiger partial charge in [-0.1, -0.05) is 19.8 Å². The molecule has 2 atom stereocenters. The molecule has 6 nitrogen and oxygen atoms in total. The van der Waals surface area contributed by atoms with Gasteiger partial charge in [-0.25, -0.2) is 4.98 Å². The molecule has 2 unspecified atom stereocenters. The molecule has 1 aliphatic carbocycles. The lowest BCUT2D eigenvalue weighted by Crippen LogP contribution is -2.36. The van der Waals surface area contributed by atoms with Crippen molar-refractivity contribution in [3.8, 4) is 0 Å². The number of hydrogen-bond donors (Lipinski definition) is 1. The quantitative estimate of drug-likeness (QED) is 0.670. The second-order valence-electron chi connectivity index (χ2n) is 5.37. The Morgan fingerprint density at radius 3 is 2.84 bits per heavy atom. The molecule has 1 fully saturated rings. The van der Waals surface area contributed by atoms with E-state index in [1.165, 1.54) is 18.6 Å². The molecule has 2 N–H and O–H groups in total. The van der Waals surface area contributed by atoms with Crippen molar-refractivity contribution in [3.63, 3.8) is 0 Å². The van der Waals surface area contributed by atoms with Crippen LogP contribution in [0.1, 0.15) is 32.6 Å². The van der Waals surface area contributed by atoms with Gasteiger partial charge in [0.2, 0.25) is 5.82 Å². The van der Waals surface area contributed by atoms with E-state index in [2.05, 4.69) is 11.9 Å². The Labute approximate surface area is 112 Å². The molecule has 1 aliphatic rings. The Bertz CT molecular complexity index is 478. The van der Waals surface area contributed by atoms with Crippen LogP contribution in [0.2, 0.25) is 0 Å². The lowest BCUT2D eigenvalue weighted by Gasteiger charge is -2.34. The van der Waals surface area contributed by atoms with Gasteiger partial charge in [0.1, 0.15) is 5.82 Å². The van der Waals surface area contributed by atoms with Gasteiger partial charge < -0.3 is 10.6 Å². The molecule has 2 rings (SSSR count). The molecular formula is C13H20N4O2. The normalized spacial score (nSPS) is 23.1. The van der Waals surface area contributed by atoms with E-state index in [4.69, 9.17) is 5.73 Å². The lowest BCUT2D eigenvalue weighted by molar-refractivity contribution is -0.384. The first-order valence-electron chi connectivity index (χ1n) is 6.62. The van der Waals surface area contributed by atoms with Crippen LogP contribution >= 0.6 is 0 Å². The monoisotopic (exact) mass is 264 g/mol. The third-order valence-electron chi connectivity index (χ3n) is 3.86. The second-order valence-corrected chi connectivity index (χ2v) is 5.37. The summed E-state index contributed by atoms with van der Waals surface area (Å²) in [6, 6.07) is 3.20. The van der Waals surface area contributed by atoms with E-state index < -0.39 is 4.92 Å². The van der Waals surface area contributed by atoms with Crippen molar-refractivity contribution in [2.75, 3.05) is 17.7 Å². The maximum absolute atomic E-state index is 11.1. The van der Waals surface area contributed by atoms with Gasteiger partial charge >= 0.3 is 5.69 Å². The minimum absolute atomic E-state index is 0.0231. The van der Waals surface area contributed by atoms with Crippen molar-refractivity contribution in [1.82, 2.24) is 4.98 Å². The number of nitrogens with two attached hydrogens (primary N) is 1. The van der Waals surface area contributed by atoms with Crippen LogP contribution in [0.25, 0.3) is 0 Å². The van der Waals surface area contributed by atoms with Gasteiger partial charge in [-0.3, -0.25) is 10.1 Å². The van der Waals surface area contributed by atoms with Crippen LogP contribution in [0, 0.1) is 16.0 Å². The molecule has 0 aliphatic heterocycles. The zero-order valence-corrected chi connectivity index (χ0v) is 11.4. The number of hydrogen-bond acceptors (Lipinski definition) is 5. The zero-order valence-electron chi connectivity index (χ0n) is 11.4. The number of rotatable bonds is 3. The Morgan fingerprint density at radius 1 is 1.47 bits per heavy atom. The van der Waals surface area contributed by atoms with Crippen LogP contribution in [-0.2, 0) is 0 Å². The standard InChI is InChI=1S/C13H20N4O2/c1-9-4-3-5-10(8-9)16(2)13-11(17(18)19)6-7-12(14)15-13/h6-7,9-10H,3-5,8H2,1-2H3,(H2,14,15). The molecule has 0 bridgehead atoms. The van der Waals surface area contributed by atoms with Gasteiger partial charge in [0, 0.05) is 19.2 Å². The van der Waals surface area contributed by atoms with E-state index >= 15 is 0 Å². The summed E-state index contributed by atoms with van der Waals surface area (Å²) < 4.78 is 0. The van der Waals surface area contributed by atoms with Gasteiger partial charge in [0.15, 0.2) is 0 Å². The first-order valence-corrected chi connectivity index (χ1v) is 6.62. The van der Waals surface area contributed by atoms with E-state index in [1.807, 2.05) is 11.9 Å². The van der Waals surface area contributed by atoms with Gasteiger partial charge in [-0.2, -0.15) is 0 Å². The highest BCUT2D eigenvalue weighted by molar-refractivity contribution is 5.61. The molecule has 0 spiro atoms. The molecule has 0 amide bonds. The number of nitro groups is 1. The second kappa shape index (κ2) is 5.42. The van der Waals surface area contributed by atoms with Crippen molar-refractivity contribution in [2.45, 2.75) is 38.6 Å². The summed E-state index contributed by atoms with van der Waals surface area (Å²) >= 11 is 0. The molecule has 1 aromatic heterocycles. The van der Waals surface area contributed by atoms with E-state index in [0.717, 1.165) is 19.3 Å². The third kappa shape index (κ3) is 2.94. The first kappa shape index (κ1) is 13.6. The summed E-state index contributed by atoms with van der Waals surface area (Å²) in [5, 5.41) is 11.1. The van der Waals surface area contributed by atoms with E-state index in [-0.39, 0.29) is 5.69 Å². The molecule has 104 valence electrons. The van der Waals surface area contributed by atoms with E-state index in [9.17, 15) is 10.1 Å². The Hall–Kier alpha value is -1.85. The number of aromatic nitrogens is 1. The maximum Gasteiger partial charge on any atom is 0.311 e. The summed E-state index contributed by atoms with van der Waals surface area (Å²) in [5.41, 5.74) is 5.68. The maximum atomic E-state index is 11.1. The number of anilines is 2. The summed E-state index contributed by atoms with van der Waals surface area (Å²) in [6.45, 7) is 2.22. The zero-order chi connectivity index (χ0) is 14.0. The van der Waals surface area contributed by atoms with Crippen LogP contribution < -0.4 is 10.6 Å². The molecule has 0 aromatic carbocycles. The largest absolute Gasteiger partial charge is 0.384 e. The summed E-state index contributed by atoms with van der Waals surface area (Å²) in [4.78, 5) is 16.8. The summed E-state index contributed by atoms with van der Waals surface area (Å²) in [6.07, 6.45) is 4.49. The smallest absolute Gasteiger partial charge is 0.311 e. The summed E-state index contributed by atoms with van der Waals surface area (Å²) in [5.74, 6) is 1.35. The Morgan fingerprint density at radius 2 is 2.21 bits per heavy atom. The SMILES string of the molecule is CC1CCCC(N(C)c2nc(N)ccc2[N+](=O)[O-])C1. The van der Waals surface area contributed by atoms with Crippen molar-refractivity contribution < 1.29 is 4.92 Å². The van der Waals surface area contributed by atoms with Gasteiger partial charge in [-0.15, -0.1) is 0 Å². The van der Waals surface area contributed by atoms with Crippen LogP contribution in [0.15, 0.2) is 12.1 Å². The van der Waals surface area contributed by atoms with Gasteiger partial charge in [0.05, 0.1) is 4.92 Å². The van der Waals surface area contributed by atoms with Crippen LogP contribution in [0.5, 0.6) is 0 Å². The average molecular weight is 264 g/mol. The molecule has 0 saturated heterocycles. The predicted octanol–water partition coefficient (Wildman–Crippen LogP) is 2.59. The van der Waals surface area contributed by atoms with Crippen molar-refractivity contribution in [2.24, 2.45) is 5.92 Å². The number of pyridine rings is 1. The predicted molar refractivity (Wildman–Crippen MR) is 75.1 cm³/mol. The summed E-state index contributed by atoms with van der Waals surface area (Å²) in [7, 11) is 1.87. The fraction of sp³-hybridized carbons (Fsp3) is 0.615. The molecule has 0 radical (unpaired) electrons. The molecule has 1 saturated carbocycles. The van der Waals surface area contributed by atoms with E-state index in [1.54, 1.807) is 0 Å². The Kier molecular flexibility index (Phi) is 3.87. The fourth-order valence-electron chi connectivity index (χ4n) is 2.78. The topological polar surface area (TPSA) is 85.3 Å². The van der Waals surface area contributed by atoms with E-state index in [0.29, 0.717) is 23.6 Å². The third-order valence-corrected chi connectivity index (χ3v) is 3.86. The first-order chi connectivity index (χ1) is 8.99. The lowest BCUT2D eigenvalue weighted by atomic mass is 9.86. The van der Waals surface area contributed by atoms with Crippen LogP contribution in [-0.4, -0.2) is 23.0 Å². The Balaban J connectivity index is 2.29. The fourth-order valence-corrected chi connectivity index (χ4v) is 2.78. The van der Waals surface area contributed by atoms with Crippen LogP contribution in [0.3, 0.4) is 0 Å². The molecule has 1 aromatic rings. The minimum Gasteiger partial charge on any atom is -0.384 e. The highest BCUT2D eigenvalue weighted by atomic mass is 16.6. The highest BCUT2D eigenvalue weighted by Gasteiger charge is 2.27. The van der Waals surface area contributed by atoms with Gasteiger partial charge in [-0.05, 0) is 24.8 Å². The molecule has 6 heteroatoms. The van der Waals surface area contributed by atoms with Crippen LogP contribution in [0.4, 0.5) is 17.3 Å². The van der Waals surface area contributed by atoms with Crippen molar-refractivity contribution in [1.29, 1.82) is 0 Å². The van der Waals surface area contributed by atoms with Crippen molar-refractivity contribution >= 4 is 17.3 Å². The molecule has 19 heavy (non-hydrogen) atoms. The van der Waals surface area contributed by atoms with Crippen molar-refractivity contribution in [3.05, 3.63) is 22.2 Å². The minimum atomic E-state index is -0.398. The van der Waals surface area contributed by atoms with Gasteiger partial charge in [0.25, 0.3) is 0 Å². The molecule has 1 heterocycles. The average Bonchev–Trinajstić information content (AvgIpc) is 2.37. The highest BCUT2D eigenvalue weighted by Crippen LogP contribution is 2.33.